The highest BCUT2D eigenvalue weighted by Gasteiger charge is 2.59. The lowest BCUT2D eigenvalue weighted by atomic mass is 9.72. The predicted octanol–water partition coefficient (Wildman–Crippen LogP) is 3.36. The molecule has 0 aliphatic heterocycles. The number of halogens is 4. The molecule has 18 heavy (non-hydrogen) atoms. The van der Waals surface area contributed by atoms with Gasteiger partial charge in [-0.15, -0.1) is 11.6 Å². The summed E-state index contributed by atoms with van der Waals surface area (Å²) in [4.78, 5) is 20.7. The van der Waals surface area contributed by atoms with Gasteiger partial charge in [0.1, 0.15) is 5.41 Å². The first-order valence-electron chi connectivity index (χ1n) is 4.61. The number of aliphatic carboxylic acids is 2. The molecule has 0 bridgehead atoms. The van der Waals surface area contributed by atoms with Crippen molar-refractivity contribution in [1.82, 2.24) is 0 Å². The van der Waals surface area contributed by atoms with Gasteiger partial charge in [-0.2, -0.15) is 0 Å². The van der Waals surface area contributed by atoms with Crippen LogP contribution in [0.3, 0.4) is 0 Å². The van der Waals surface area contributed by atoms with Crippen LogP contribution in [0.2, 0.25) is 0 Å². The smallest absolute Gasteiger partial charge is 0.338 e. The Labute approximate surface area is 123 Å². The molecule has 0 fully saturated rings. The van der Waals surface area contributed by atoms with E-state index in [1.54, 1.807) is 0 Å². The van der Waals surface area contributed by atoms with Crippen molar-refractivity contribution in [2.24, 2.45) is 5.41 Å². The minimum absolute atomic E-state index is 0.365. The Morgan fingerprint density at radius 2 is 1.50 bits per heavy atom. The Bertz CT molecular complexity index is 506. The van der Waals surface area contributed by atoms with Crippen LogP contribution in [-0.2, 0) is 9.59 Å². The molecule has 0 aromatic carbocycles. The second-order valence-electron chi connectivity index (χ2n) is 4.06. The van der Waals surface area contributed by atoms with E-state index in [9.17, 15) is 14.7 Å². The number of hydrogen-bond acceptors (Lipinski definition) is 2. The zero-order chi connectivity index (χ0) is 14.5. The van der Waals surface area contributed by atoms with E-state index in [1.807, 2.05) is 0 Å². The van der Waals surface area contributed by atoms with Crippen molar-refractivity contribution >= 4 is 58.3 Å². The van der Waals surface area contributed by atoms with Gasteiger partial charge in [-0.25, -0.2) is 4.79 Å². The summed E-state index contributed by atoms with van der Waals surface area (Å²) in [5.74, 6) is -2.78. The van der Waals surface area contributed by atoms with Crippen molar-refractivity contribution in [1.29, 1.82) is 0 Å². The molecule has 0 heterocycles. The van der Waals surface area contributed by atoms with Crippen molar-refractivity contribution in [2.45, 2.75) is 18.7 Å². The number of carbonyl (C=O) groups is 2. The second kappa shape index (κ2) is 4.60. The molecule has 0 aromatic rings. The zero-order valence-corrected chi connectivity index (χ0v) is 12.2. The lowest BCUT2D eigenvalue weighted by Crippen LogP contribution is -2.49. The minimum atomic E-state index is -1.82. The van der Waals surface area contributed by atoms with Gasteiger partial charge in [0.05, 0.1) is 25.5 Å². The highest BCUT2D eigenvalue weighted by molar-refractivity contribution is 6.50. The van der Waals surface area contributed by atoms with E-state index < -0.39 is 32.8 Å². The summed E-state index contributed by atoms with van der Waals surface area (Å²) in [5.41, 5.74) is -2.30. The summed E-state index contributed by atoms with van der Waals surface area (Å²) in [6.07, 6.45) is 0. The third kappa shape index (κ3) is 1.83. The molecule has 2 atom stereocenters. The lowest BCUT2D eigenvalue weighted by Gasteiger charge is -2.42. The topological polar surface area (TPSA) is 74.6 Å². The molecular formula is C10H8Cl4O4. The second-order valence-corrected chi connectivity index (χ2v) is 5.95. The molecule has 0 radical (unpaired) electrons. The third-order valence-electron chi connectivity index (χ3n) is 3.06. The van der Waals surface area contributed by atoms with E-state index in [0.29, 0.717) is 0 Å². The first-order chi connectivity index (χ1) is 7.99. The number of carboxylic acid groups (broad SMARTS) is 2. The maximum absolute atomic E-state index is 11.4. The van der Waals surface area contributed by atoms with Gasteiger partial charge < -0.3 is 10.2 Å². The van der Waals surface area contributed by atoms with Crippen molar-refractivity contribution in [3.05, 3.63) is 20.7 Å². The van der Waals surface area contributed by atoms with Crippen LogP contribution in [0, 0.1) is 5.41 Å². The quantitative estimate of drug-likeness (QED) is 0.760. The van der Waals surface area contributed by atoms with Gasteiger partial charge >= 0.3 is 11.9 Å². The fraction of sp³-hybridized carbons (Fsp3) is 0.400. The Hall–Kier alpha value is -0.420. The Kier molecular flexibility index (Phi) is 4.00. The SMILES string of the molecule is CC1(Cl)C(Cl)=C(C(=O)O)C(Cl)=C(Cl)C1(C)C(=O)O. The fourth-order valence-corrected chi connectivity index (χ4v) is 3.03. The van der Waals surface area contributed by atoms with E-state index in [1.165, 1.54) is 13.8 Å². The molecule has 1 rings (SSSR count). The minimum Gasteiger partial charge on any atom is -0.481 e. The van der Waals surface area contributed by atoms with E-state index in [0.717, 1.165) is 0 Å². The van der Waals surface area contributed by atoms with E-state index in [4.69, 9.17) is 51.5 Å². The summed E-state index contributed by atoms with van der Waals surface area (Å²) in [6, 6.07) is 0. The largest absolute Gasteiger partial charge is 0.481 e. The molecule has 1 aliphatic carbocycles. The fourth-order valence-electron chi connectivity index (χ4n) is 1.57. The highest BCUT2D eigenvalue weighted by Crippen LogP contribution is 2.57. The van der Waals surface area contributed by atoms with Crippen molar-refractivity contribution in [3.63, 3.8) is 0 Å². The number of rotatable bonds is 2. The Morgan fingerprint density at radius 3 is 1.83 bits per heavy atom. The highest BCUT2D eigenvalue weighted by atomic mass is 35.5. The predicted molar refractivity (Wildman–Crippen MR) is 69.2 cm³/mol. The molecule has 0 saturated carbocycles. The van der Waals surface area contributed by atoms with Gasteiger partial charge in [0.25, 0.3) is 0 Å². The molecule has 0 aromatic heterocycles. The zero-order valence-electron chi connectivity index (χ0n) is 9.22. The first-order valence-corrected chi connectivity index (χ1v) is 6.12. The van der Waals surface area contributed by atoms with Crippen LogP contribution in [0.4, 0.5) is 0 Å². The average Bonchev–Trinajstić information content (AvgIpc) is 2.24. The van der Waals surface area contributed by atoms with E-state index in [2.05, 4.69) is 0 Å². The first kappa shape index (κ1) is 15.6. The van der Waals surface area contributed by atoms with Crippen LogP contribution in [0.15, 0.2) is 20.7 Å². The van der Waals surface area contributed by atoms with Crippen LogP contribution in [0.1, 0.15) is 13.8 Å². The number of hydrogen-bond donors (Lipinski definition) is 2. The summed E-state index contributed by atoms with van der Waals surface area (Å²) >= 11 is 23.7. The van der Waals surface area contributed by atoms with Gasteiger partial charge in [0.15, 0.2) is 0 Å². The normalized spacial score (nSPS) is 32.8. The number of allylic oxidation sites excluding steroid dienone is 1. The maximum Gasteiger partial charge on any atom is 0.338 e. The molecule has 0 saturated heterocycles. The number of alkyl halides is 1. The standard InChI is InChI=1S/C10H8Cl4O4/c1-9(8(17)18)6(13)4(11)3(7(15)16)5(12)10(9,2)14/h1-2H3,(H,15,16)(H,17,18). The van der Waals surface area contributed by atoms with Gasteiger partial charge in [-0.05, 0) is 13.8 Å². The molecule has 2 N–H and O–H groups in total. The Balaban J connectivity index is 3.73. The average molecular weight is 334 g/mol. The van der Waals surface area contributed by atoms with Crippen molar-refractivity contribution in [2.75, 3.05) is 0 Å². The van der Waals surface area contributed by atoms with E-state index >= 15 is 0 Å². The lowest BCUT2D eigenvalue weighted by molar-refractivity contribution is -0.146. The van der Waals surface area contributed by atoms with Crippen LogP contribution >= 0.6 is 46.4 Å². The molecule has 0 amide bonds. The summed E-state index contributed by atoms with van der Waals surface area (Å²) in [6.45, 7) is 2.51. The van der Waals surface area contributed by atoms with Crippen LogP contribution < -0.4 is 0 Å². The molecule has 2 unspecified atom stereocenters. The monoisotopic (exact) mass is 332 g/mol. The van der Waals surface area contributed by atoms with Crippen molar-refractivity contribution < 1.29 is 19.8 Å². The van der Waals surface area contributed by atoms with Crippen LogP contribution in [0.5, 0.6) is 0 Å². The summed E-state index contributed by atoms with van der Waals surface area (Å²) in [7, 11) is 0. The van der Waals surface area contributed by atoms with Crippen LogP contribution in [0.25, 0.3) is 0 Å². The summed E-state index contributed by atoms with van der Waals surface area (Å²) in [5, 5.41) is 17.1. The van der Waals surface area contributed by atoms with Crippen molar-refractivity contribution in [3.8, 4) is 0 Å². The van der Waals surface area contributed by atoms with Gasteiger partial charge in [-0.1, -0.05) is 34.8 Å². The molecule has 0 spiro atoms. The number of carboxylic acids is 2. The van der Waals surface area contributed by atoms with Gasteiger partial charge in [0.2, 0.25) is 0 Å². The van der Waals surface area contributed by atoms with E-state index in [-0.39, 0.29) is 10.1 Å². The molecule has 1 aliphatic rings. The van der Waals surface area contributed by atoms with Crippen LogP contribution in [-0.4, -0.2) is 27.0 Å². The Morgan fingerprint density at radius 1 is 1.06 bits per heavy atom. The maximum atomic E-state index is 11.4. The molecule has 4 nitrogen and oxygen atoms in total. The van der Waals surface area contributed by atoms with Gasteiger partial charge in [-0.3, -0.25) is 4.79 Å². The van der Waals surface area contributed by atoms with Gasteiger partial charge in [0, 0.05) is 0 Å². The molecule has 100 valence electrons. The molecular weight excluding hydrogens is 326 g/mol. The molecule has 8 heteroatoms. The summed E-state index contributed by atoms with van der Waals surface area (Å²) < 4.78 is 0. The third-order valence-corrected chi connectivity index (χ3v) is 5.34.